The molecule has 0 amide bonds. The fourth-order valence-corrected chi connectivity index (χ4v) is 1.78. The third kappa shape index (κ3) is 5.80. The Balaban J connectivity index is 2.07. The number of aliphatic hydroxyl groups is 2. The summed E-state index contributed by atoms with van der Waals surface area (Å²) in [7, 11) is 0. The van der Waals surface area contributed by atoms with Gasteiger partial charge in [0.2, 0.25) is 0 Å². The zero-order chi connectivity index (χ0) is 11.8. The molecule has 1 atom stereocenters. The quantitative estimate of drug-likeness (QED) is 0.541. The molecule has 2 N–H and O–H groups in total. The van der Waals surface area contributed by atoms with Gasteiger partial charge in [0.25, 0.3) is 0 Å². The van der Waals surface area contributed by atoms with Gasteiger partial charge in [0.15, 0.2) is 0 Å². The minimum absolute atomic E-state index is 0.167. The summed E-state index contributed by atoms with van der Waals surface area (Å²) in [6.45, 7) is 4.72. The zero-order valence-corrected chi connectivity index (χ0v) is 10.3. The van der Waals surface area contributed by atoms with Crippen molar-refractivity contribution in [1.29, 1.82) is 0 Å². The number of rotatable bonds is 10. The topological polar surface area (TPSA) is 52.9 Å². The highest BCUT2D eigenvalue weighted by Crippen LogP contribution is 2.26. The van der Waals surface area contributed by atoms with Crippen LogP contribution in [0.5, 0.6) is 0 Å². The lowest BCUT2D eigenvalue weighted by Crippen LogP contribution is -2.38. The fourth-order valence-electron chi connectivity index (χ4n) is 1.78. The number of aliphatic hydroxyl groups excluding tert-OH is 2. The summed E-state index contributed by atoms with van der Waals surface area (Å²) >= 11 is 0. The van der Waals surface area contributed by atoms with Gasteiger partial charge in [-0.2, -0.15) is 0 Å². The average Bonchev–Trinajstić information content (AvgIpc) is 3.07. The van der Waals surface area contributed by atoms with E-state index in [4.69, 9.17) is 9.84 Å². The van der Waals surface area contributed by atoms with Gasteiger partial charge >= 0.3 is 0 Å². The predicted octanol–water partition coefficient (Wildman–Crippen LogP) is 0.621. The first-order valence-corrected chi connectivity index (χ1v) is 6.38. The van der Waals surface area contributed by atoms with Crippen molar-refractivity contribution in [2.75, 3.05) is 32.9 Å². The van der Waals surface area contributed by atoms with E-state index >= 15 is 0 Å². The molecule has 1 rings (SSSR count). The second-order valence-electron chi connectivity index (χ2n) is 4.53. The molecule has 0 aromatic carbocycles. The van der Waals surface area contributed by atoms with Crippen molar-refractivity contribution in [1.82, 2.24) is 4.90 Å². The van der Waals surface area contributed by atoms with Crippen LogP contribution in [0, 0.1) is 0 Å². The van der Waals surface area contributed by atoms with E-state index in [-0.39, 0.29) is 6.61 Å². The second-order valence-corrected chi connectivity index (χ2v) is 4.53. The molecular formula is C12H25NO3. The highest BCUT2D eigenvalue weighted by molar-refractivity contribution is 4.85. The van der Waals surface area contributed by atoms with Gasteiger partial charge < -0.3 is 14.9 Å². The molecule has 0 aliphatic heterocycles. The van der Waals surface area contributed by atoms with E-state index in [9.17, 15) is 5.11 Å². The van der Waals surface area contributed by atoms with Crippen molar-refractivity contribution in [2.45, 2.75) is 44.8 Å². The van der Waals surface area contributed by atoms with Crippen LogP contribution in [0.2, 0.25) is 0 Å². The van der Waals surface area contributed by atoms with Gasteiger partial charge in [-0.25, -0.2) is 0 Å². The van der Waals surface area contributed by atoms with E-state index in [0.717, 1.165) is 19.4 Å². The van der Waals surface area contributed by atoms with Crippen molar-refractivity contribution >= 4 is 0 Å². The molecule has 0 bridgehead atoms. The second kappa shape index (κ2) is 8.01. The average molecular weight is 231 g/mol. The van der Waals surface area contributed by atoms with Gasteiger partial charge in [0.1, 0.15) is 0 Å². The maximum Gasteiger partial charge on any atom is 0.0900 e. The standard InChI is InChI=1S/C12H25NO3/c1-2-3-8-16-10-12(15)9-13(6-7-14)11-4-5-11/h11-12,14-15H,2-10H2,1H3. The Bertz CT molecular complexity index is 174. The molecule has 0 aromatic rings. The number of unbranched alkanes of at least 4 members (excludes halogenated alkanes) is 1. The minimum Gasteiger partial charge on any atom is -0.395 e. The molecule has 96 valence electrons. The number of hydrogen-bond acceptors (Lipinski definition) is 4. The molecule has 1 aliphatic carbocycles. The summed E-state index contributed by atoms with van der Waals surface area (Å²) in [6, 6.07) is 0.581. The van der Waals surface area contributed by atoms with Gasteiger partial charge in [-0.3, -0.25) is 4.90 Å². The molecule has 1 unspecified atom stereocenters. The van der Waals surface area contributed by atoms with Gasteiger partial charge in [-0.1, -0.05) is 13.3 Å². The van der Waals surface area contributed by atoms with Crippen molar-refractivity contribution in [3.63, 3.8) is 0 Å². The largest absolute Gasteiger partial charge is 0.395 e. The van der Waals surface area contributed by atoms with Crippen molar-refractivity contribution in [3.8, 4) is 0 Å². The Morgan fingerprint density at radius 2 is 2.19 bits per heavy atom. The number of ether oxygens (including phenoxy) is 1. The normalized spacial score (nSPS) is 18.0. The van der Waals surface area contributed by atoms with Crippen molar-refractivity contribution in [2.24, 2.45) is 0 Å². The summed E-state index contributed by atoms with van der Waals surface area (Å²) in [5.74, 6) is 0. The monoisotopic (exact) mass is 231 g/mol. The Kier molecular flexibility index (Phi) is 6.96. The smallest absolute Gasteiger partial charge is 0.0900 e. The van der Waals surface area contributed by atoms with Crippen LogP contribution in [0.4, 0.5) is 0 Å². The van der Waals surface area contributed by atoms with Gasteiger partial charge in [-0.15, -0.1) is 0 Å². The first-order valence-electron chi connectivity index (χ1n) is 6.38. The summed E-state index contributed by atoms with van der Waals surface area (Å²) in [6.07, 6.45) is 4.14. The van der Waals surface area contributed by atoms with E-state index < -0.39 is 6.10 Å². The molecule has 0 heterocycles. The van der Waals surface area contributed by atoms with E-state index in [2.05, 4.69) is 11.8 Å². The minimum atomic E-state index is -0.427. The maximum atomic E-state index is 9.77. The Morgan fingerprint density at radius 3 is 2.75 bits per heavy atom. The summed E-state index contributed by atoms with van der Waals surface area (Å²) in [5, 5.41) is 18.7. The molecule has 1 aliphatic rings. The van der Waals surface area contributed by atoms with E-state index in [1.54, 1.807) is 0 Å². The number of nitrogens with zero attached hydrogens (tertiary/aromatic N) is 1. The summed E-state index contributed by atoms with van der Waals surface area (Å²) in [5.41, 5.74) is 0. The first kappa shape index (κ1) is 13.9. The highest BCUT2D eigenvalue weighted by atomic mass is 16.5. The van der Waals surface area contributed by atoms with E-state index in [0.29, 0.717) is 25.7 Å². The molecule has 1 saturated carbocycles. The Hall–Kier alpha value is -0.160. The molecule has 4 heteroatoms. The highest BCUT2D eigenvalue weighted by Gasteiger charge is 2.29. The van der Waals surface area contributed by atoms with Crippen LogP contribution < -0.4 is 0 Å². The van der Waals surface area contributed by atoms with Gasteiger partial charge in [0.05, 0.1) is 19.3 Å². The lowest BCUT2D eigenvalue weighted by atomic mass is 10.3. The SMILES string of the molecule is CCCCOCC(O)CN(CCO)C1CC1. The van der Waals surface area contributed by atoms with Gasteiger partial charge in [-0.05, 0) is 19.3 Å². The van der Waals surface area contributed by atoms with Crippen LogP contribution in [0.25, 0.3) is 0 Å². The predicted molar refractivity (Wildman–Crippen MR) is 63.4 cm³/mol. The fraction of sp³-hybridized carbons (Fsp3) is 1.00. The molecule has 1 fully saturated rings. The molecule has 0 spiro atoms. The third-order valence-corrected chi connectivity index (χ3v) is 2.85. The third-order valence-electron chi connectivity index (χ3n) is 2.85. The summed E-state index contributed by atoms with van der Waals surface area (Å²) in [4.78, 5) is 2.16. The van der Waals surface area contributed by atoms with Crippen LogP contribution >= 0.6 is 0 Å². The molecule has 0 aromatic heterocycles. The Morgan fingerprint density at radius 1 is 1.44 bits per heavy atom. The zero-order valence-electron chi connectivity index (χ0n) is 10.3. The molecule has 16 heavy (non-hydrogen) atoms. The molecule has 0 radical (unpaired) electrons. The first-order chi connectivity index (χ1) is 7.77. The van der Waals surface area contributed by atoms with Crippen molar-refractivity contribution < 1.29 is 14.9 Å². The lowest BCUT2D eigenvalue weighted by molar-refractivity contribution is 0.0117. The van der Waals surface area contributed by atoms with E-state index in [1.165, 1.54) is 12.8 Å². The number of hydrogen-bond donors (Lipinski definition) is 2. The summed E-state index contributed by atoms with van der Waals surface area (Å²) < 4.78 is 5.38. The van der Waals surface area contributed by atoms with Crippen LogP contribution in [0.15, 0.2) is 0 Å². The molecule has 0 saturated heterocycles. The maximum absolute atomic E-state index is 9.77. The van der Waals surface area contributed by atoms with Crippen LogP contribution in [0.3, 0.4) is 0 Å². The lowest BCUT2D eigenvalue weighted by Gasteiger charge is -2.23. The van der Waals surface area contributed by atoms with Gasteiger partial charge in [0, 0.05) is 25.7 Å². The van der Waals surface area contributed by atoms with Crippen molar-refractivity contribution in [3.05, 3.63) is 0 Å². The van der Waals surface area contributed by atoms with Crippen LogP contribution in [0.1, 0.15) is 32.6 Å². The van der Waals surface area contributed by atoms with Crippen LogP contribution in [-0.4, -0.2) is 60.2 Å². The molecule has 4 nitrogen and oxygen atoms in total. The Labute approximate surface area is 98.2 Å². The molecular weight excluding hydrogens is 206 g/mol. The van der Waals surface area contributed by atoms with E-state index in [1.807, 2.05) is 0 Å². The van der Waals surface area contributed by atoms with Crippen LogP contribution in [-0.2, 0) is 4.74 Å².